The van der Waals surface area contributed by atoms with Gasteiger partial charge in [0.25, 0.3) is 5.91 Å². The standard InChI is InChI=1S/C17H18BrNO2/c18-14-8-7-11-9-13(6-5-12(11)10-14)17(21)19-15-3-1-2-4-16(15)20/h5-10,15-16,20H,1-4H2,(H,19,21)/t15-,16-/m0/s1. The molecule has 0 aliphatic heterocycles. The number of benzene rings is 2. The second-order valence-corrected chi connectivity index (χ2v) is 6.55. The van der Waals surface area contributed by atoms with Gasteiger partial charge < -0.3 is 10.4 Å². The number of hydrogen-bond donors (Lipinski definition) is 2. The van der Waals surface area contributed by atoms with Crippen molar-refractivity contribution in [1.29, 1.82) is 0 Å². The van der Waals surface area contributed by atoms with E-state index in [0.29, 0.717) is 5.56 Å². The summed E-state index contributed by atoms with van der Waals surface area (Å²) < 4.78 is 1.03. The topological polar surface area (TPSA) is 49.3 Å². The summed E-state index contributed by atoms with van der Waals surface area (Å²) in [4.78, 5) is 12.3. The summed E-state index contributed by atoms with van der Waals surface area (Å²) in [5, 5.41) is 15.0. The van der Waals surface area contributed by atoms with Crippen LogP contribution >= 0.6 is 15.9 Å². The molecular formula is C17H18BrNO2. The zero-order valence-electron chi connectivity index (χ0n) is 11.7. The number of amides is 1. The number of rotatable bonds is 2. The van der Waals surface area contributed by atoms with Crippen LogP contribution in [0.15, 0.2) is 40.9 Å². The summed E-state index contributed by atoms with van der Waals surface area (Å²) in [5.41, 5.74) is 0.641. The van der Waals surface area contributed by atoms with Crippen LogP contribution in [-0.2, 0) is 0 Å². The molecule has 1 fully saturated rings. The van der Waals surface area contributed by atoms with Gasteiger partial charge >= 0.3 is 0 Å². The summed E-state index contributed by atoms with van der Waals surface area (Å²) in [5.74, 6) is -0.106. The second kappa shape index (κ2) is 6.16. The average molecular weight is 348 g/mol. The summed E-state index contributed by atoms with van der Waals surface area (Å²) in [6.45, 7) is 0. The van der Waals surface area contributed by atoms with Gasteiger partial charge in [-0.2, -0.15) is 0 Å². The van der Waals surface area contributed by atoms with Crippen molar-refractivity contribution < 1.29 is 9.90 Å². The lowest BCUT2D eigenvalue weighted by atomic mass is 9.92. The van der Waals surface area contributed by atoms with Crippen LogP contribution in [0.1, 0.15) is 36.0 Å². The van der Waals surface area contributed by atoms with Gasteiger partial charge in [0.2, 0.25) is 0 Å². The van der Waals surface area contributed by atoms with Gasteiger partial charge in [-0.05, 0) is 47.9 Å². The van der Waals surface area contributed by atoms with Gasteiger partial charge in [-0.15, -0.1) is 0 Å². The third kappa shape index (κ3) is 3.27. The Hall–Kier alpha value is -1.39. The number of aliphatic hydroxyl groups excluding tert-OH is 1. The number of carbonyl (C=O) groups is 1. The minimum Gasteiger partial charge on any atom is -0.391 e. The number of nitrogens with one attached hydrogen (secondary N) is 1. The molecule has 1 saturated carbocycles. The second-order valence-electron chi connectivity index (χ2n) is 5.64. The average Bonchev–Trinajstić information content (AvgIpc) is 2.49. The molecule has 0 bridgehead atoms. The van der Waals surface area contributed by atoms with Gasteiger partial charge in [-0.3, -0.25) is 4.79 Å². The van der Waals surface area contributed by atoms with E-state index < -0.39 is 6.10 Å². The van der Waals surface area contributed by atoms with E-state index in [0.717, 1.165) is 40.9 Å². The zero-order valence-corrected chi connectivity index (χ0v) is 13.3. The van der Waals surface area contributed by atoms with Gasteiger partial charge in [-0.25, -0.2) is 0 Å². The molecule has 1 aliphatic rings. The van der Waals surface area contributed by atoms with E-state index in [-0.39, 0.29) is 11.9 Å². The first-order valence-electron chi connectivity index (χ1n) is 7.32. The molecule has 0 saturated heterocycles. The lowest BCUT2D eigenvalue weighted by Crippen LogP contribution is -2.45. The Balaban J connectivity index is 1.79. The highest BCUT2D eigenvalue weighted by Crippen LogP contribution is 2.22. The number of fused-ring (bicyclic) bond motifs is 1. The Labute approximate surface area is 132 Å². The highest BCUT2D eigenvalue weighted by molar-refractivity contribution is 9.10. The third-order valence-electron chi connectivity index (χ3n) is 4.11. The maximum absolute atomic E-state index is 12.3. The fraction of sp³-hybridized carbons (Fsp3) is 0.353. The Bertz CT molecular complexity index is 671. The molecule has 0 heterocycles. The highest BCUT2D eigenvalue weighted by Gasteiger charge is 2.24. The molecule has 2 atom stereocenters. The minimum absolute atomic E-state index is 0.106. The smallest absolute Gasteiger partial charge is 0.251 e. The van der Waals surface area contributed by atoms with Crippen LogP contribution in [-0.4, -0.2) is 23.2 Å². The first-order valence-corrected chi connectivity index (χ1v) is 8.11. The van der Waals surface area contributed by atoms with Gasteiger partial charge in [0, 0.05) is 10.0 Å². The van der Waals surface area contributed by atoms with Crippen molar-refractivity contribution in [2.24, 2.45) is 0 Å². The zero-order chi connectivity index (χ0) is 14.8. The van der Waals surface area contributed by atoms with E-state index in [4.69, 9.17) is 0 Å². The monoisotopic (exact) mass is 347 g/mol. The fourth-order valence-electron chi connectivity index (χ4n) is 2.89. The van der Waals surface area contributed by atoms with Crippen molar-refractivity contribution in [3.8, 4) is 0 Å². The quantitative estimate of drug-likeness (QED) is 0.871. The summed E-state index contributed by atoms with van der Waals surface area (Å²) in [7, 11) is 0. The van der Waals surface area contributed by atoms with Crippen LogP contribution in [0.2, 0.25) is 0 Å². The van der Waals surface area contributed by atoms with Crippen molar-refractivity contribution in [3.05, 3.63) is 46.4 Å². The van der Waals surface area contributed by atoms with Crippen LogP contribution in [0.4, 0.5) is 0 Å². The van der Waals surface area contributed by atoms with E-state index in [1.165, 1.54) is 0 Å². The molecule has 2 aromatic rings. The number of halogens is 1. The molecule has 2 aromatic carbocycles. The van der Waals surface area contributed by atoms with Gasteiger partial charge in [0.05, 0.1) is 12.1 Å². The first-order chi connectivity index (χ1) is 10.1. The highest BCUT2D eigenvalue weighted by atomic mass is 79.9. The van der Waals surface area contributed by atoms with E-state index in [2.05, 4.69) is 21.2 Å². The van der Waals surface area contributed by atoms with Gasteiger partial charge in [0.15, 0.2) is 0 Å². The number of hydrogen-bond acceptors (Lipinski definition) is 2. The van der Waals surface area contributed by atoms with Crippen molar-refractivity contribution in [2.45, 2.75) is 37.8 Å². The van der Waals surface area contributed by atoms with Crippen LogP contribution in [0, 0.1) is 0 Å². The van der Waals surface area contributed by atoms with E-state index in [1.54, 1.807) is 0 Å². The molecule has 0 unspecified atom stereocenters. The predicted octanol–water partition coefficient (Wildman–Crippen LogP) is 3.64. The SMILES string of the molecule is O=C(N[C@H]1CCCC[C@@H]1O)c1ccc2cc(Br)ccc2c1. The lowest BCUT2D eigenvalue weighted by molar-refractivity contribution is 0.0717. The maximum atomic E-state index is 12.3. The Morgan fingerprint density at radius 1 is 1.10 bits per heavy atom. The Morgan fingerprint density at radius 2 is 1.81 bits per heavy atom. The van der Waals surface area contributed by atoms with Gasteiger partial charge in [0.1, 0.15) is 0 Å². The maximum Gasteiger partial charge on any atom is 0.251 e. The van der Waals surface area contributed by atoms with Crippen molar-refractivity contribution in [2.75, 3.05) is 0 Å². The van der Waals surface area contributed by atoms with Crippen LogP contribution in [0.3, 0.4) is 0 Å². The molecular weight excluding hydrogens is 330 g/mol. The van der Waals surface area contributed by atoms with E-state index >= 15 is 0 Å². The third-order valence-corrected chi connectivity index (χ3v) is 4.60. The summed E-state index contributed by atoms with van der Waals surface area (Å²) in [6.07, 6.45) is 3.31. The molecule has 4 heteroatoms. The molecule has 21 heavy (non-hydrogen) atoms. The lowest BCUT2D eigenvalue weighted by Gasteiger charge is -2.28. The van der Waals surface area contributed by atoms with Crippen LogP contribution in [0.5, 0.6) is 0 Å². The number of carbonyl (C=O) groups excluding carboxylic acids is 1. The molecule has 0 aromatic heterocycles. The molecule has 3 nitrogen and oxygen atoms in total. The Kier molecular flexibility index (Phi) is 4.27. The molecule has 1 amide bonds. The van der Waals surface area contributed by atoms with Crippen molar-refractivity contribution in [1.82, 2.24) is 5.32 Å². The van der Waals surface area contributed by atoms with Crippen LogP contribution in [0.25, 0.3) is 10.8 Å². The van der Waals surface area contributed by atoms with E-state index in [1.807, 2.05) is 36.4 Å². The summed E-state index contributed by atoms with van der Waals surface area (Å²) >= 11 is 3.45. The molecule has 1 aliphatic carbocycles. The number of aliphatic hydroxyl groups is 1. The molecule has 0 radical (unpaired) electrons. The molecule has 2 N–H and O–H groups in total. The normalized spacial score (nSPS) is 22.2. The van der Waals surface area contributed by atoms with Crippen molar-refractivity contribution >= 4 is 32.6 Å². The minimum atomic E-state index is -0.417. The predicted molar refractivity (Wildman–Crippen MR) is 87.4 cm³/mol. The van der Waals surface area contributed by atoms with Gasteiger partial charge in [-0.1, -0.05) is 40.9 Å². The first kappa shape index (κ1) is 14.5. The van der Waals surface area contributed by atoms with Crippen LogP contribution < -0.4 is 5.32 Å². The molecule has 0 spiro atoms. The molecule has 110 valence electrons. The molecule has 3 rings (SSSR count). The van der Waals surface area contributed by atoms with E-state index in [9.17, 15) is 9.90 Å². The van der Waals surface area contributed by atoms with Crippen molar-refractivity contribution in [3.63, 3.8) is 0 Å². The fourth-order valence-corrected chi connectivity index (χ4v) is 3.27. The summed E-state index contributed by atoms with van der Waals surface area (Å²) in [6, 6.07) is 11.5. The largest absolute Gasteiger partial charge is 0.391 e. The Morgan fingerprint density at radius 3 is 2.62 bits per heavy atom.